The number of aryl methyl sites for hydroxylation is 2. The first kappa shape index (κ1) is 29.1. The number of thioether (sulfide) groups is 1. The molecule has 37 heavy (non-hydrogen) atoms. The van der Waals surface area contributed by atoms with Crippen molar-refractivity contribution in [1.82, 2.24) is 0 Å². The van der Waals surface area contributed by atoms with Gasteiger partial charge in [-0.1, -0.05) is 65.5 Å². The summed E-state index contributed by atoms with van der Waals surface area (Å²) in [6, 6.07) is 12.6. The molecule has 0 saturated carbocycles. The number of hydrogen-bond acceptors (Lipinski definition) is 4. The molecular formula is C26H22Cl4N2O4S. The second kappa shape index (κ2) is 12.4. The summed E-state index contributed by atoms with van der Waals surface area (Å²) in [7, 11) is 0. The van der Waals surface area contributed by atoms with Crippen LogP contribution in [-0.4, -0.2) is 28.1 Å². The molecule has 0 fully saturated rings. The second-order valence-electron chi connectivity index (χ2n) is 8.17. The van der Waals surface area contributed by atoms with Crippen LogP contribution in [0.15, 0.2) is 47.4 Å². The SMILES string of the molecule is CCC(Sc1cccc(NC(=O)c2c(Cl)c(Cl)c(Cl)c(Cl)c2C(=O)O)c1)C(=O)Nc1cc(C)cc(C)c1. The average Bonchev–Trinajstić information content (AvgIpc) is 2.82. The van der Waals surface area contributed by atoms with Gasteiger partial charge in [0.1, 0.15) is 0 Å². The zero-order chi connectivity index (χ0) is 27.4. The Kier molecular flexibility index (Phi) is 9.78. The molecule has 3 N–H and O–H groups in total. The van der Waals surface area contributed by atoms with Gasteiger partial charge < -0.3 is 15.7 Å². The van der Waals surface area contributed by atoms with Gasteiger partial charge in [-0.2, -0.15) is 0 Å². The summed E-state index contributed by atoms with van der Waals surface area (Å²) in [5.41, 5.74) is 2.22. The number of carboxylic acids is 1. The Bertz CT molecular complexity index is 1380. The van der Waals surface area contributed by atoms with E-state index in [1.807, 2.05) is 39.0 Å². The summed E-state index contributed by atoms with van der Waals surface area (Å²) in [5.74, 6) is -2.46. The molecule has 3 rings (SSSR count). The Morgan fingerprint density at radius 3 is 2.00 bits per heavy atom. The van der Waals surface area contributed by atoms with E-state index in [-0.39, 0.29) is 21.0 Å². The van der Waals surface area contributed by atoms with Crippen LogP contribution in [0.25, 0.3) is 0 Å². The molecule has 0 aliphatic carbocycles. The number of rotatable bonds is 8. The Balaban J connectivity index is 1.81. The van der Waals surface area contributed by atoms with E-state index >= 15 is 0 Å². The summed E-state index contributed by atoms with van der Waals surface area (Å²) in [4.78, 5) is 38.5. The van der Waals surface area contributed by atoms with Gasteiger partial charge in [0.15, 0.2) is 0 Å². The van der Waals surface area contributed by atoms with Gasteiger partial charge in [0.2, 0.25) is 5.91 Å². The lowest BCUT2D eigenvalue weighted by Gasteiger charge is -2.17. The number of benzene rings is 3. The third kappa shape index (κ3) is 6.92. The molecule has 0 saturated heterocycles. The van der Waals surface area contributed by atoms with Crippen LogP contribution < -0.4 is 10.6 Å². The predicted octanol–water partition coefficient (Wildman–Crippen LogP) is 8.38. The number of carbonyl (C=O) groups is 3. The number of amides is 2. The van der Waals surface area contributed by atoms with Gasteiger partial charge in [-0.3, -0.25) is 9.59 Å². The van der Waals surface area contributed by atoms with Crippen LogP contribution in [0.4, 0.5) is 11.4 Å². The van der Waals surface area contributed by atoms with E-state index in [1.165, 1.54) is 11.8 Å². The molecule has 11 heteroatoms. The Morgan fingerprint density at radius 1 is 0.838 bits per heavy atom. The number of aromatic carboxylic acids is 1. The minimum absolute atomic E-state index is 0.143. The van der Waals surface area contributed by atoms with E-state index in [1.54, 1.807) is 24.3 Å². The van der Waals surface area contributed by atoms with Crippen molar-refractivity contribution in [2.45, 2.75) is 37.3 Å². The smallest absolute Gasteiger partial charge is 0.338 e. The highest BCUT2D eigenvalue weighted by Crippen LogP contribution is 2.42. The van der Waals surface area contributed by atoms with E-state index in [9.17, 15) is 19.5 Å². The van der Waals surface area contributed by atoms with E-state index in [0.29, 0.717) is 12.1 Å². The summed E-state index contributed by atoms with van der Waals surface area (Å²) in [6.07, 6.45) is 0.567. The van der Waals surface area contributed by atoms with E-state index in [2.05, 4.69) is 10.6 Å². The fraction of sp³-hybridized carbons (Fsp3) is 0.192. The molecule has 6 nitrogen and oxygen atoms in total. The molecule has 0 heterocycles. The van der Waals surface area contributed by atoms with Gasteiger partial charge in [0.05, 0.1) is 36.5 Å². The third-order valence-electron chi connectivity index (χ3n) is 5.23. The first-order chi connectivity index (χ1) is 17.4. The molecule has 0 aliphatic heterocycles. The summed E-state index contributed by atoms with van der Waals surface area (Å²) in [6.45, 7) is 5.84. The predicted molar refractivity (Wildman–Crippen MR) is 152 cm³/mol. The number of hydrogen-bond donors (Lipinski definition) is 3. The normalized spacial score (nSPS) is 11.6. The molecule has 1 unspecified atom stereocenters. The molecule has 0 spiro atoms. The Morgan fingerprint density at radius 2 is 1.43 bits per heavy atom. The molecule has 0 aromatic heterocycles. The molecule has 1 atom stereocenters. The summed E-state index contributed by atoms with van der Waals surface area (Å²) in [5, 5.41) is 13.6. The largest absolute Gasteiger partial charge is 0.478 e. The van der Waals surface area contributed by atoms with Gasteiger partial charge >= 0.3 is 5.97 Å². The lowest BCUT2D eigenvalue weighted by molar-refractivity contribution is -0.115. The van der Waals surface area contributed by atoms with Crippen molar-refractivity contribution in [1.29, 1.82) is 0 Å². The van der Waals surface area contributed by atoms with Crippen LogP contribution in [0.1, 0.15) is 45.2 Å². The molecule has 0 radical (unpaired) electrons. The number of nitrogens with one attached hydrogen (secondary N) is 2. The van der Waals surface area contributed by atoms with Crippen LogP contribution in [0.2, 0.25) is 20.1 Å². The van der Waals surface area contributed by atoms with Gasteiger partial charge in [-0.15, -0.1) is 11.8 Å². The molecule has 0 aliphatic rings. The highest BCUT2D eigenvalue weighted by molar-refractivity contribution is 8.00. The standard InChI is InChI=1S/C26H22Cl4N2O4S/c1-4-17(24(33)32-15-9-12(2)8-13(3)10-15)37-16-7-5-6-14(11-16)31-25(34)18-19(26(35)36)21(28)23(30)22(29)20(18)27/h5-11,17H,4H2,1-3H3,(H,31,34)(H,32,33)(H,35,36). The first-order valence-electron chi connectivity index (χ1n) is 11.0. The highest BCUT2D eigenvalue weighted by atomic mass is 35.5. The van der Waals surface area contributed by atoms with Crippen molar-refractivity contribution < 1.29 is 19.5 Å². The maximum absolute atomic E-state index is 13.0. The monoisotopic (exact) mass is 598 g/mol. The maximum atomic E-state index is 13.0. The fourth-order valence-electron chi connectivity index (χ4n) is 3.64. The number of anilines is 2. The van der Waals surface area contributed by atoms with Gasteiger partial charge in [0.25, 0.3) is 5.91 Å². The van der Waals surface area contributed by atoms with Crippen LogP contribution >= 0.6 is 58.2 Å². The van der Waals surface area contributed by atoms with Crippen molar-refractivity contribution in [3.63, 3.8) is 0 Å². The highest BCUT2D eigenvalue weighted by Gasteiger charge is 2.29. The Labute approximate surface area is 238 Å². The fourth-order valence-corrected chi connectivity index (χ4v) is 5.68. The van der Waals surface area contributed by atoms with Crippen molar-refractivity contribution in [2.24, 2.45) is 0 Å². The lowest BCUT2D eigenvalue weighted by atomic mass is 10.1. The Hall–Kier alpha value is -2.42. The molecule has 194 valence electrons. The molecule has 0 bridgehead atoms. The van der Waals surface area contributed by atoms with E-state index < -0.39 is 33.3 Å². The molecule has 2 amide bonds. The number of carbonyl (C=O) groups excluding carboxylic acids is 2. The lowest BCUT2D eigenvalue weighted by Crippen LogP contribution is -2.24. The third-order valence-corrected chi connectivity index (χ3v) is 8.39. The minimum Gasteiger partial charge on any atom is -0.478 e. The van der Waals surface area contributed by atoms with Crippen molar-refractivity contribution in [3.8, 4) is 0 Å². The summed E-state index contributed by atoms with van der Waals surface area (Å²) >= 11 is 25.6. The van der Waals surface area contributed by atoms with Crippen LogP contribution in [0.5, 0.6) is 0 Å². The zero-order valence-corrected chi connectivity index (χ0v) is 23.8. The average molecular weight is 600 g/mol. The van der Waals surface area contributed by atoms with Crippen LogP contribution in [0, 0.1) is 13.8 Å². The second-order valence-corrected chi connectivity index (χ2v) is 11.0. The van der Waals surface area contributed by atoms with Crippen molar-refractivity contribution >= 4 is 87.3 Å². The van der Waals surface area contributed by atoms with Gasteiger partial charge in [0, 0.05) is 16.3 Å². The van der Waals surface area contributed by atoms with Crippen molar-refractivity contribution in [3.05, 3.63) is 84.8 Å². The van der Waals surface area contributed by atoms with Crippen LogP contribution in [-0.2, 0) is 4.79 Å². The van der Waals surface area contributed by atoms with Crippen molar-refractivity contribution in [2.75, 3.05) is 10.6 Å². The molecule has 3 aromatic carbocycles. The van der Waals surface area contributed by atoms with Gasteiger partial charge in [-0.05, 0) is 61.7 Å². The number of carboxylic acid groups (broad SMARTS) is 1. The van der Waals surface area contributed by atoms with E-state index in [4.69, 9.17) is 46.4 Å². The maximum Gasteiger partial charge on any atom is 0.338 e. The van der Waals surface area contributed by atoms with E-state index in [0.717, 1.165) is 21.7 Å². The molecular weight excluding hydrogens is 578 g/mol. The topological polar surface area (TPSA) is 95.5 Å². The zero-order valence-electron chi connectivity index (χ0n) is 19.9. The van der Waals surface area contributed by atoms with Gasteiger partial charge in [-0.25, -0.2) is 4.79 Å². The molecule has 3 aromatic rings. The minimum atomic E-state index is -1.49. The quantitative estimate of drug-likeness (QED) is 0.137. The summed E-state index contributed by atoms with van der Waals surface area (Å²) < 4.78 is 0. The number of halogens is 4. The van der Waals surface area contributed by atoms with Crippen LogP contribution in [0.3, 0.4) is 0 Å². The first-order valence-corrected chi connectivity index (χ1v) is 13.4.